The SMILES string of the molecule is Cc1ccc(F)c(C(O)C2CCc3cccnc32)c1F. The molecule has 0 bridgehead atoms. The van der Waals surface area contributed by atoms with Gasteiger partial charge in [0.2, 0.25) is 0 Å². The van der Waals surface area contributed by atoms with Crippen molar-refractivity contribution < 1.29 is 13.9 Å². The highest BCUT2D eigenvalue weighted by Gasteiger charge is 2.34. The fraction of sp³-hybridized carbons (Fsp3) is 0.312. The van der Waals surface area contributed by atoms with Crippen molar-refractivity contribution in [1.82, 2.24) is 4.98 Å². The van der Waals surface area contributed by atoms with Gasteiger partial charge in [0, 0.05) is 17.8 Å². The molecule has 104 valence electrons. The summed E-state index contributed by atoms with van der Waals surface area (Å²) in [5.74, 6) is -1.72. The lowest BCUT2D eigenvalue weighted by Gasteiger charge is -2.20. The Morgan fingerprint density at radius 3 is 2.90 bits per heavy atom. The third-order valence-electron chi connectivity index (χ3n) is 4.00. The van der Waals surface area contributed by atoms with E-state index < -0.39 is 17.7 Å². The van der Waals surface area contributed by atoms with Crippen LogP contribution in [-0.4, -0.2) is 10.1 Å². The number of nitrogens with zero attached hydrogens (tertiary/aromatic N) is 1. The van der Waals surface area contributed by atoms with E-state index in [0.717, 1.165) is 17.7 Å². The first-order valence-corrected chi connectivity index (χ1v) is 6.66. The quantitative estimate of drug-likeness (QED) is 0.910. The molecule has 0 aliphatic heterocycles. The van der Waals surface area contributed by atoms with E-state index in [2.05, 4.69) is 4.98 Å². The first kappa shape index (κ1) is 13.2. The number of aliphatic hydroxyl groups excluding tert-OH is 1. The van der Waals surface area contributed by atoms with Crippen molar-refractivity contribution in [2.75, 3.05) is 0 Å². The van der Waals surface area contributed by atoms with Crippen LogP contribution in [0.25, 0.3) is 0 Å². The molecule has 1 aromatic heterocycles. The summed E-state index contributed by atoms with van der Waals surface area (Å²) in [6.07, 6.45) is 1.87. The summed E-state index contributed by atoms with van der Waals surface area (Å²) in [6.45, 7) is 1.56. The van der Waals surface area contributed by atoms with Crippen LogP contribution in [0.3, 0.4) is 0 Å². The van der Waals surface area contributed by atoms with Crippen LogP contribution in [0.4, 0.5) is 8.78 Å². The Kier molecular flexibility index (Phi) is 3.26. The van der Waals surface area contributed by atoms with Gasteiger partial charge >= 0.3 is 0 Å². The number of hydrogen-bond donors (Lipinski definition) is 1. The standard InChI is InChI=1S/C16H15F2NO/c1-9-4-7-12(17)13(14(9)18)16(20)11-6-5-10-3-2-8-19-15(10)11/h2-4,7-8,11,16,20H,5-6H2,1H3. The van der Waals surface area contributed by atoms with Gasteiger partial charge in [0.1, 0.15) is 11.6 Å². The van der Waals surface area contributed by atoms with E-state index in [9.17, 15) is 13.9 Å². The zero-order chi connectivity index (χ0) is 14.3. The van der Waals surface area contributed by atoms with Gasteiger partial charge in [-0.1, -0.05) is 12.1 Å². The maximum absolute atomic E-state index is 14.1. The second-order valence-electron chi connectivity index (χ2n) is 5.23. The van der Waals surface area contributed by atoms with Crippen molar-refractivity contribution in [2.24, 2.45) is 0 Å². The Labute approximate surface area is 116 Å². The number of aryl methyl sites for hydroxylation is 2. The van der Waals surface area contributed by atoms with Gasteiger partial charge in [0.25, 0.3) is 0 Å². The van der Waals surface area contributed by atoms with E-state index in [-0.39, 0.29) is 11.5 Å². The van der Waals surface area contributed by atoms with Crippen LogP contribution in [0.5, 0.6) is 0 Å². The molecule has 0 radical (unpaired) electrons. The number of benzene rings is 1. The molecule has 2 aromatic rings. The lowest BCUT2D eigenvalue weighted by atomic mass is 9.91. The third-order valence-corrected chi connectivity index (χ3v) is 4.00. The molecule has 0 saturated heterocycles. The first-order valence-electron chi connectivity index (χ1n) is 6.66. The van der Waals surface area contributed by atoms with E-state index in [4.69, 9.17) is 0 Å². The smallest absolute Gasteiger partial charge is 0.134 e. The zero-order valence-corrected chi connectivity index (χ0v) is 11.1. The molecule has 0 spiro atoms. The van der Waals surface area contributed by atoms with Gasteiger partial charge in [-0.3, -0.25) is 4.98 Å². The minimum atomic E-state index is -1.20. The molecular formula is C16H15F2NO. The summed E-state index contributed by atoms with van der Waals surface area (Å²) in [6, 6.07) is 6.35. The van der Waals surface area contributed by atoms with Crippen molar-refractivity contribution in [3.05, 3.63) is 64.5 Å². The predicted molar refractivity (Wildman–Crippen MR) is 71.4 cm³/mol. The summed E-state index contributed by atoms with van der Waals surface area (Å²) in [4.78, 5) is 4.26. The van der Waals surface area contributed by atoms with E-state index in [1.54, 1.807) is 13.1 Å². The summed E-state index contributed by atoms with van der Waals surface area (Å²) < 4.78 is 28.0. The van der Waals surface area contributed by atoms with Gasteiger partial charge in [-0.2, -0.15) is 0 Å². The number of aliphatic hydroxyl groups is 1. The molecule has 1 heterocycles. The molecule has 1 aliphatic carbocycles. The fourth-order valence-electron chi connectivity index (χ4n) is 2.90. The third kappa shape index (κ3) is 2.00. The number of rotatable bonds is 2. The normalized spacial score (nSPS) is 18.9. The maximum Gasteiger partial charge on any atom is 0.134 e. The van der Waals surface area contributed by atoms with Crippen LogP contribution in [0.2, 0.25) is 0 Å². The minimum Gasteiger partial charge on any atom is -0.387 e. The maximum atomic E-state index is 14.1. The van der Waals surface area contributed by atoms with Gasteiger partial charge in [-0.05, 0) is 43.0 Å². The molecule has 0 amide bonds. The molecule has 1 aliphatic rings. The van der Waals surface area contributed by atoms with E-state index in [1.165, 1.54) is 12.1 Å². The van der Waals surface area contributed by atoms with Gasteiger partial charge < -0.3 is 5.11 Å². The predicted octanol–water partition coefficient (Wildman–Crippen LogP) is 3.43. The first-order chi connectivity index (χ1) is 9.59. The van der Waals surface area contributed by atoms with Crippen LogP contribution in [0, 0.1) is 18.6 Å². The van der Waals surface area contributed by atoms with Crippen LogP contribution in [0.15, 0.2) is 30.5 Å². The highest BCUT2D eigenvalue weighted by Crippen LogP contribution is 2.41. The molecule has 1 N–H and O–H groups in total. The van der Waals surface area contributed by atoms with Gasteiger partial charge in [0.15, 0.2) is 0 Å². The Hall–Kier alpha value is -1.81. The lowest BCUT2D eigenvalue weighted by Crippen LogP contribution is -2.13. The molecular weight excluding hydrogens is 260 g/mol. The Morgan fingerprint density at radius 1 is 1.30 bits per heavy atom. The summed E-state index contributed by atoms with van der Waals surface area (Å²) >= 11 is 0. The lowest BCUT2D eigenvalue weighted by molar-refractivity contribution is 0.134. The Balaban J connectivity index is 2.03. The largest absolute Gasteiger partial charge is 0.387 e. The van der Waals surface area contributed by atoms with Crippen molar-refractivity contribution in [2.45, 2.75) is 31.8 Å². The molecule has 0 fully saturated rings. The molecule has 2 unspecified atom stereocenters. The van der Waals surface area contributed by atoms with Gasteiger partial charge in [-0.25, -0.2) is 8.78 Å². The molecule has 1 aromatic carbocycles. The van der Waals surface area contributed by atoms with Crippen LogP contribution < -0.4 is 0 Å². The fourth-order valence-corrected chi connectivity index (χ4v) is 2.90. The van der Waals surface area contributed by atoms with Crippen molar-refractivity contribution in [1.29, 1.82) is 0 Å². The Morgan fingerprint density at radius 2 is 2.10 bits per heavy atom. The summed E-state index contributed by atoms with van der Waals surface area (Å²) in [5.41, 5.74) is 1.89. The second kappa shape index (κ2) is 4.94. The molecule has 0 saturated carbocycles. The molecule has 2 nitrogen and oxygen atoms in total. The van der Waals surface area contributed by atoms with E-state index >= 15 is 0 Å². The number of fused-ring (bicyclic) bond motifs is 1. The van der Waals surface area contributed by atoms with E-state index in [0.29, 0.717) is 12.0 Å². The summed E-state index contributed by atoms with van der Waals surface area (Å²) in [7, 11) is 0. The topological polar surface area (TPSA) is 33.1 Å². The molecule has 20 heavy (non-hydrogen) atoms. The monoisotopic (exact) mass is 275 g/mol. The number of aromatic nitrogens is 1. The average Bonchev–Trinajstić information content (AvgIpc) is 2.87. The summed E-state index contributed by atoms with van der Waals surface area (Å²) in [5, 5.41) is 10.4. The zero-order valence-electron chi connectivity index (χ0n) is 11.1. The van der Waals surface area contributed by atoms with Gasteiger partial charge in [-0.15, -0.1) is 0 Å². The highest BCUT2D eigenvalue weighted by atomic mass is 19.1. The number of halogens is 2. The molecule has 4 heteroatoms. The minimum absolute atomic E-state index is 0.242. The van der Waals surface area contributed by atoms with Crippen molar-refractivity contribution in [3.63, 3.8) is 0 Å². The van der Waals surface area contributed by atoms with Crippen molar-refractivity contribution >= 4 is 0 Å². The second-order valence-corrected chi connectivity index (χ2v) is 5.23. The Bertz CT molecular complexity index is 657. The molecule has 3 rings (SSSR count). The highest BCUT2D eigenvalue weighted by molar-refractivity contribution is 5.35. The molecule has 2 atom stereocenters. The van der Waals surface area contributed by atoms with E-state index in [1.807, 2.05) is 12.1 Å². The van der Waals surface area contributed by atoms with Crippen LogP contribution in [0.1, 0.15) is 40.8 Å². The average molecular weight is 275 g/mol. The van der Waals surface area contributed by atoms with Crippen LogP contribution >= 0.6 is 0 Å². The van der Waals surface area contributed by atoms with Crippen LogP contribution in [-0.2, 0) is 6.42 Å². The number of pyridine rings is 1. The number of hydrogen-bond acceptors (Lipinski definition) is 2. The van der Waals surface area contributed by atoms with Crippen molar-refractivity contribution in [3.8, 4) is 0 Å². The van der Waals surface area contributed by atoms with Gasteiger partial charge in [0.05, 0.1) is 11.7 Å².